The quantitative estimate of drug-likeness (QED) is 0.641. The molecular formula is C17H13NO4. The highest BCUT2D eigenvalue weighted by molar-refractivity contribution is 6.34. The van der Waals surface area contributed by atoms with Gasteiger partial charge >= 0.3 is 0 Å². The molecule has 0 radical (unpaired) electrons. The van der Waals surface area contributed by atoms with Crippen LogP contribution in [0, 0.1) is 0 Å². The number of nitrogens with zero attached hydrogens (tertiary/aromatic N) is 1. The molecule has 2 amide bonds. The molecule has 22 heavy (non-hydrogen) atoms. The van der Waals surface area contributed by atoms with Gasteiger partial charge in [0.25, 0.3) is 11.8 Å². The van der Waals surface area contributed by atoms with Gasteiger partial charge in [-0.25, -0.2) is 4.90 Å². The van der Waals surface area contributed by atoms with Gasteiger partial charge in [-0.15, -0.1) is 0 Å². The summed E-state index contributed by atoms with van der Waals surface area (Å²) < 4.78 is 10.8. The van der Waals surface area contributed by atoms with Gasteiger partial charge in [-0.3, -0.25) is 9.59 Å². The Labute approximate surface area is 127 Å². The molecule has 5 heteroatoms. The van der Waals surface area contributed by atoms with Crippen molar-refractivity contribution in [3.8, 4) is 5.75 Å². The van der Waals surface area contributed by atoms with Crippen molar-refractivity contribution in [1.29, 1.82) is 0 Å². The van der Waals surface area contributed by atoms with Gasteiger partial charge < -0.3 is 9.47 Å². The lowest BCUT2D eigenvalue weighted by atomic mass is 10.1. The number of hydrogen-bond acceptors (Lipinski definition) is 4. The molecule has 0 N–H and O–H groups in total. The van der Waals surface area contributed by atoms with Crippen molar-refractivity contribution in [2.75, 3.05) is 18.1 Å². The number of amides is 2. The van der Waals surface area contributed by atoms with Crippen LogP contribution in [0.15, 0.2) is 48.5 Å². The Morgan fingerprint density at radius 2 is 1.59 bits per heavy atom. The Morgan fingerprint density at radius 1 is 1.00 bits per heavy atom. The predicted octanol–water partition coefficient (Wildman–Crippen LogP) is 2.26. The van der Waals surface area contributed by atoms with Crippen LogP contribution in [-0.2, 0) is 4.74 Å². The van der Waals surface area contributed by atoms with Crippen LogP contribution in [0.1, 0.15) is 20.7 Å². The maximum Gasteiger partial charge on any atom is 0.266 e. The van der Waals surface area contributed by atoms with Crippen molar-refractivity contribution in [3.05, 3.63) is 59.7 Å². The van der Waals surface area contributed by atoms with E-state index < -0.39 is 0 Å². The maximum absolute atomic E-state index is 12.5. The number of imide groups is 1. The van der Waals surface area contributed by atoms with E-state index in [4.69, 9.17) is 9.47 Å². The smallest absolute Gasteiger partial charge is 0.266 e. The van der Waals surface area contributed by atoms with E-state index in [1.807, 2.05) is 6.07 Å². The molecular weight excluding hydrogens is 282 g/mol. The summed E-state index contributed by atoms with van der Waals surface area (Å²) in [6.45, 7) is 1.11. The minimum atomic E-state index is -0.320. The number of carbonyl (C=O) groups excluding carboxylic acids is 2. The Kier molecular flexibility index (Phi) is 2.94. The SMILES string of the molecule is O=C1c2ccccc2C(=O)N1c1ccccc1OCC1CO1. The molecule has 2 heterocycles. The van der Waals surface area contributed by atoms with Crippen LogP contribution in [-0.4, -0.2) is 31.1 Å². The van der Waals surface area contributed by atoms with Gasteiger partial charge in [-0.05, 0) is 24.3 Å². The first-order valence-electron chi connectivity index (χ1n) is 7.07. The van der Waals surface area contributed by atoms with E-state index in [0.29, 0.717) is 35.8 Å². The lowest BCUT2D eigenvalue weighted by Gasteiger charge is -2.18. The van der Waals surface area contributed by atoms with Gasteiger partial charge in [0.2, 0.25) is 0 Å². The van der Waals surface area contributed by atoms with E-state index in [2.05, 4.69) is 0 Å². The first kappa shape index (κ1) is 13.0. The van der Waals surface area contributed by atoms with Gasteiger partial charge in [0.15, 0.2) is 0 Å². The maximum atomic E-state index is 12.5. The number of rotatable bonds is 4. The number of fused-ring (bicyclic) bond motifs is 1. The molecule has 0 bridgehead atoms. The van der Waals surface area contributed by atoms with E-state index in [9.17, 15) is 9.59 Å². The molecule has 2 aliphatic heterocycles. The first-order valence-corrected chi connectivity index (χ1v) is 7.07. The molecule has 1 fully saturated rings. The van der Waals surface area contributed by atoms with Gasteiger partial charge in [0.1, 0.15) is 18.5 Å². The monoisotopic (exact) mass is 295 g/mol. The van der Waals surface area contributed by atoms with Gasteiger partial charge in [-0.1, -0.05) is 24.3 Å². The minimum Gasteiger partial charge on any atom is -0.489 e. The van der Waals surface area contributed by atoms with Crippen LogP contribution in [0.4, 0.5) is 5.69 Å². The van der Waals surface area contributed by atoms with Crippen molar-refractivity contribution in [2.45, 2.75) is 6.10 Å². The molecule has 0 saturated carbocycles. The number of para-hydroxylation sites is 2. The Hall–Kier alpha value is -2.66. The van der Waals surface area contributed by atoms with Gasteiger partial charge in [-0.2, -0.15) is 0 Å². The van der Waals surface area contributed by atoms with Crippen LogP contribution in [0.2, 0.25) is 0 Å². The molecule has 0 spiro atoms. The third-order valence-electron chi connectivity index (χ3n) is 3.73. The Balaban J connectivity index is 1.70. The number of benzene rings is 2. The van der Waals surface area contributed by atoms with Gasteiger partial charge in [0, 0.05) is 0 Å². The van der Waals surface area contributed by atoms with Crippen molar-refractivity contribution < 1.29 is 19.1 Å². The Bertz CT molecular complexity index is 732. The van der Waals surface area contributed by atoms with E-state index >= 15 is 0 Å². The number of carbonyl (C=O) groups is 2. The van der Waals surface area contributed by atoms with Gasteiger partial charge in [0.05, 0.1) is 23.4 Å². The number of ether oxygens (including phenoxy) is 2. The molecule has 1 saturated heterocycles. The highest BCUT2D eigenvalue weighted by atomic mass is 16.6. The van der Waals surface area contributed by atoms with Crippen molar-refractivity contribution in [3.63, 3.8) is 0 Å². The highest BCUT2D eigenvalue weighted by Gasteiger charge is 2.37. The summed E-state index contributed by atoms with van der Waals surface area (Å²) in [5.41, 5.74) is 1.31. The van der Waals surface area contributed by atoms with E-state index in [0.717, 1.165) is 0 Å². The summed E-state index contributed by atoms with van der Waals surface area (Å²) >= 11 is 0. The molecule has 4 rings (SSSR count). The summed E-state index contributed by atoms with van der Waals surface area (Å²) in [5, 5.41) is 0. The zero-order valence-corrected chi connectivity index (χ0v) is 11.7. The van der Waals surface area contributed by atoms with Crippen LogP contribution in [0.25, 0.3) is 0 Å². The van der Waals surface area contributed by atoms with Crippen molar-refractivity contribution in [1.82, 2.24) is 0 Å². The minimum absolute atomic E-state index is 0.107. The highest BCUT2D eigenvalue weighted by Crippen LogP contribution is 2.35. The van der Waals surface area contributed by atoms with Crippen LogP contribution in [0.3, 0.4) is 0 Å². The lowest BCUT2D eigenvalue weighted by molar-refractivity contribution is 0.0925. The van der Waals surface area contributed by atoms with Crippen LogP contribution in [0.5, 0.6) is 5.75 Å². The Morgan fingerprint density at radius 3 is 2.23 bits per heavy atom. The summed E-state index contributed by atoms with van der Waals surface area (Å²) in [6, 6.07) is 13.9. The molecule has 1 atom stereocenters. The average Bonchev–Trinajstić information content (AvgIpc) is 3.34. The van der Waals surface area contributed by atoms with E-state index in [-0.39, 0.29) is 17.9 Å². The third-order valence-corrected chi connectivity index (χ3v) is 3.73. The van der Waals surface area contributed by atoms with Crippen LogP contribution < -0.4 is 9.64 Å². The zero-order valence-electron chi connectivity index (χ0n) is 11.7. The summed E-state index contributed by atoms with van der Waals surface area (Å²) in [5.74, 6) is -0.133. The fraction of sp³-hybridized carbons (Fsp3) is 0.176. The van der Waals surface area contributed by atoms with E-state index in [1.54, 1.807) is 42.5 Å². The third kappa shape index (κ3) is 2.07. The second-order valence-electron chi connectivity index (χ2n) is 5.23. The summed E-state index contributed by atoms with van der Waals surface area (Å²) in [7, 11) is 0. The normalized spacial score (nSPS) is 19.3. The summed E-state index contributed by atoms with van der Waals surface area (Å²) in [6.07, 6.45) is 0.107. The second kappa shape index (κ2) is 4.96. The molecule has 0 aromatic heterocycles. The second-order valence-corrected chi connectivity index (χ2v) is 5.23. The first-order chi connectivity index (χ1) is 10.8. The lowest BCUT2D eigenvalue weighted by Crippen LogP contribution is -2.30. The van der Waals surface area contributed by atoms with E-state index in [1.165, 1.54) is 4.90 Å². The average molecular weight is 295 g/mol. The molecule has 2 aromatic carbocycles. The fourth-order valence-corrected chi connectivity index (χ4v) is 2.52. The fourth-order valence-electron chi connectivity index (χ4n) is 2.52. The number of anilines is 1. The standard InChI is InChI=1S/C17H13NO4/c19-16-12-5-1-2-6-13(12)17(20)18(16)14-7-3-4-8-15(14)22-10-11-9-21-11/h1-8,11H,9-10H2. The largest absolute Gasteiger partial charge is 0.489 e. The number of epoxide rings is 1. The summed E-state index contributed by atoms with van der Waals surface area (Å²) in [4.78, 5) is 26.2. The molecule has 110 valence electrons. The molecule has 5 nitrogen and oxygen atoms in total. The van der Waals surface area contributed by atoms with Crippen LogP contribution >= 0.6 is 0 Å². The molecule has 1 unspecified atom stereocenters. The zero-order chi connectivity index (χ0) is 15.1. The predicted molar refractivity (Wildman–Crippen MR) is 79.3 cm³/mol. The molecule has 0 aliphatic carbocycles. The topological polar surface area (TPSA) is 59.1 Å². The molecule has 2 aromatic rings. The van der Waals surface area contributed by atoms with Crippen molar-refractivity contribution in [2.24, 2.45) is 0 Å². The molecule has 2 aliphatic rings. The number of hydrogen-bond donors (Lipinski definition) is 0. The van der Waals surface area contributed by atoms with Crippen molar-refractivity contribution >= 4 is 17.5 Å².